The van der Waals surface area contributed by atoms with Crippen LogP contribution in [0, 0.1) is 6.92 Å². The Hall–Kier alpha value is -3.02. The maximum atomic E-state index is 12.6. The average molecular weight is 367 g/mol. The number of nitrogens with one attached hydrogen (secondary N) is 2. The van der Waals surface area contributed by atoms with Crippen LogP contribution in [0.5, 0.6) is 5.75 Å². The Bertz CT molecular complexity index is 842. The molecule has 0 bridgehead atoms. The Labute approximate surface area is 159 Å². The molecular formula is C21H25N3O3. The van der Waals surface area contributed by atoms with Gasteiger partial charge in [-0.25, -0.2) is 4.79 Å². The van der Waals surface area contributed by atoms with Crippen LogP contribution >= 0.6 is 0 Å². The lowest BCUT2D eigenvalue weighted by molar-refractivity contribution is 0.102. The molecule has 0 saturated heterocycles. The molecular weight excluding hydrogens is 342 g/mol. The lowest BCUT2D eigenvalue weighted by Gasteiger charge is -2.17. The highest BCUT2D eigenvalue weighted by molar-refractivity contribution is 6.06. The van der Waals surface area contributed by atoms with E-state index in [-0.39, 0.29) is 5.91 Å². The summed E-state index contributed by atoms with van der Waals surface area (Å²) in [6.45, 7) is 7.88. The van der Waals surface area contributed by atoms with Crippen LogP contribution in [0.4, 0.5) is 16.2 Å². The molecule has 2 aromatic rings. The number of aryl methyl sites for hydroxylation is 1. The number of fused-ring (bicyclic) bond motifs is 1. The summed E-state index contributed by atoms with van der Waals surface area (Å²) in [6, 6.07) is 10.7. The quantitative estimate of drug-likeness (QED) is 0.836. The summed E-state index contributed by atoms with van der Waals surface area (Å²) in [5, 5.41) is 6.31. The van der Waals surface area contributed by atoms with E-state index >= 15 is 0 Å². The Morgan fingerprint density at radius 3 is 2.52 bits per heavy atom. The van der Waals surface area contributed by atoms with Crippen molar-refractivity contribution in [1.29, 1.82) is 0 Å². The third-order valence-electron chi connectivity index (χ3n) is 4.65. The fourth-order valence-corrected chi connectivity index (χ4v) is 3.20. The Kier molecular flexibility index (Phi) is 5.64. The molecule has 0 aliphatic carbocycles. The van der Waals surface area contributed by atoms with Crippen molar-refractivity contribution in [2.75, 3.05) is 30.3 Å². The van der Waals surface area contributed by atoms with Crippen molar-refractivity contribution >= 4 is 23.4 Å². The third kappa shape index (κ3) is 4.22. The summed E-state index contributed by atoms with van der Waals surface area (Å²) >= 11 is 0. The van der Waals surface area contributed by atoms with Crippen LogP contribution in [0.1, 0.15) is 35.3 Å². The largest absolute Gasteiger partial charge is 0.415 e. The predicted molar refractivity (Wildman–Crippen MR) is 107 cm³/mol. The van der Waals surface area contributed by atoms with Crippen molar-refractivity contribution in [3.8, 4) is 5.75 Å². The highest BCUT2D eigenvalue weighted by Gasteiger charge is 2.17. The summed E-state index contributed by atoms with van der Waals surface area (Å²) in [5.74, 6) is 0.222. The molecule has 2 amide bonds. The zero-order chi connectivity index (χ0) is 19.4. The fourth-order valence-electron chi connectivity index (χ4n) is 3.20. The van der Waals surface area contributed by atoms with E-state index in [1.54, 1.807) is 29.2 Å². The smallest absolute Gasteiger partial charge is 0.410 e. The monoisotopic (exact) mass is 367 g/mol. The Morgan fingerprint density at radius 1 is 1.15 bits per heavy atom. The summed E-state index contributed by atoms with van der Waals surface area (Å²) in [5.41, 5.74) is 4.64. The number of anilines is 2. The zero-order valence-electron chi connectivity index (χ0n) is 16.0. The van der Waals surface area contributed by atoms with Gasteiger partial charge in [-0.15, -0.1) is 0 Å². The van der Waals surface area contributed by atoms with Crippen LogP contribution in [0.15, 0.2) is 36.4 Å². The van der Waals surface area contributed by atoms with Gasteiger partial charge in [0, 0.05) is 25.2 Å². The van der Waals surface area contributed by atoms with Gasteiger partial charge in [-0.05, 0) is 68.7 Å². The van der Waals surface area contributed by atoms with E-state index in [0.717, 1.165) is 29.9 Å². The van der Waals surface area contributed by atoms with E-state index in [2.05, 4.69) is 16.7 Å². The van der Waals surface area contributed by atoms with E-state index in [1.165, 1.54) is 5.56 Å². The number of nitrogens with zero attached hydrogens (tertiary/aromatic N) is 1. The van der Waals surface area contributed by atoms with Crippen LogP contribution in [0.25, 0.3) is 0 Å². The molecule has 3 rings (SSSR count). The van der Waals surface area contributed by atoms with E-state index in [0.29, 0.717) is 24.4 Å². The summed E-state index contributed by atoms with van der Waals surface area (Å²) < 4.78 is 5.33. The Balaban J connectivity index is 1.69. The Morgan fingerprint density at radius 2 is 1.85 bits per heavy atom. The molecule has 0 saturated carbocycles. The number of rotatable bonds is 5. The molecule has 1 heterocycles. The van der Waals surface area contributed by atoms with Crippen molar-refractivity contribution in [2.45, 2.75) is 27.2 Å². The first-order valence-electron chi connectivity index (χ1n) is 9.27. The SMILES string of the molecule is CCN(CC)C(=O)Oc1ccc(C(=O)Nc2cc(C)cc3c2NCC3)cc1. The molecule has 1 aliphatic rings. The molecule has 2 N–H and O–H groups in total. The minimum absolute atomic E-state index is 0.196. The molecule has 2 aromatic carbocycles. The molecule has 0 fully saturated rings. The van der Waals surface area contributed by atoms with Gasteiger partial charge in [-0.1, -0.05) is 6.07 Å². The van der Waals surface area contributed by atoms with Gasteiger partial charge in [0.25, 0.3) is 5.91 Å². The summed E-state index contributed by atoms with van der Waals surface area (Å²) in [4.78, 5) is 26.2. The van der Waals surface area contributed by atoms with Crippen molar-refractivity contribution in [2.24, 2.45) is 0 Å². The maximum Gasteiger partial charge on any atom is 0.415 e. The van der Waals surface area contributed by atoms with Crippen LogP contribution in [0.3, 0.4) is 0 Å². The van der Waals surface area contributed by atoms with Gasteiger partial charge in [-0.3, -0.25) is 4.79 Å². The molecule has 0 unspecified atom stereocenters. The molecule has 27 heavy (non-hydrogen) atoms. The minimum atomic E-state index is -0.390. The van der Waals surface area contributed by atoms with Crippen LogP contribution in [-0.2, 0) is 6.42 Å². The first-order chi connectivity index (χ1) is 13.0. The lowest BCUT2D eigenvalue weighted by atomic mass is 10.1. The third-order valence-corrected chi connectivity index (χ3v) is 4.65. The van der Waals surface area contributed by atoms with Gasteiger partial charge in [0.15, 0.2) is 0 Å². The van der Waals surface area contributed by atoms with Gasteiger partial charge in [0.1, 0.15) is 5.75 Å². The molecule has 6 nitrogen and oxygen atoms in total. The average Bonchev–Trinajstić information content (AvgIpc) is 3.11. The highest BCUT2D eigenvalue weighted by Crippen LogP contribution is 2.32. The number of carbonyl (C=O) groups excluding carboxylic acids is 2. The lowest BCUT2D eigenvalue weighted by Crippen LogP contribution is -2.33. The molecule has 6 heteroatoms. The van der Waals surface area contributed by atoms with Crippen LogP contribution in [-0.4, -0.2) is 36.5 Å². The first kappa shape index (κ1) is 18.8. The van der Waals surface area contributed by atoms with Gasteiger partial charge >= 0.3 is 6.09 Å². The molecule has 0 spiro atoms. The number of amides is 2. The van der Waals surface area contributed by atoms with Gasteiger partial charge < -0.3 is 20.3 Å². The maximum absolute atomic E-state index is 12.6. The summed E-state index contributed by atoms with van der Waals surface area (Å²) in [7, 11) is 0. The molecule has 0 atom stereocenters. The van der Waals surface area contributed by atoms with Crippen LogP contribution < -0.4 is 15.4 Å². The van der Waals surface area contributed by atoms with E-state index in [1.807, 2.05) is 26.8 Å². The van der Waals surface area contributed by atoms with Gasteiger partial charge in [0.05, 0.1) is 11.4 Å². The van der Waals surface area contributed by atoms with E-state index in [9.17, 15) is 9.59 Å². The molecule has 142 valence electrons. The summed E-state index contributed by atoms with van der Waals surface area (Å²) in [6.07, 6.45) is 0.575. The second-order valence-electron chi connectivity index (χ2n) is 6.54. The minimum Gasteiger partial charge on any atom is -0.410 e. The van der Waals surface area contributed by atoms with E-state index < -0.39 is 6.09 Å². The van der Waals surface area contributed by atoms with Crippen molar-refractivity contribution in [3.05, 3.63) is 53.1 Å². The molecule has 1 aliphatic heterocycles. The fraction of sp³-hybridized carbons (Fsp3) is 0.333. The van der Waals surface area contributed by atoms with Crippen molar-refractivity contribution < 1.29 is 14.3 Å². The van der Waals surface area contributed by atoms with Gasteiger partial charge in [0.2, 0.25) is 0 Å². The van der Waals surface area contributed by atoms with E-state index in [4.69, 9.17) is 4.74 Å². The zero-order valence-corrected chi connectivity index (χ0v) is 16.0. The number of benzene rings is 2. The number of carbonyl (C=O) groups is 2. The molecule has 0 aromatic heterocycles. The number of hydrogen-bond acceptors (Lipinski definition) is 4. The van der Waals surface area contributed by atoms with Gasteiger partial charge in [-0.2, -0.15) is 0 Å². The standard InChI is InChI=1S/C21H25N3O3/c1-4-24(5-2)21(26)27-17-8-6-15(7-9-17)20(25)23-18-13-14(3)12-16-10-11-22-19(16)18/h6-9,12-13,22H,4-5,10-11H2,1-3H3,(H,23,25). The van der Waals surface area contributed by atoms with Crippen molar-refractivity contribution in [1.82, 2.24) is 4.90 Å². The topological polar surface area (TPSA) is 70.7 Å². The number of hydrogen-bond donors (Lipinski definition) is 2. The normalized spacial score (nSPS) is 12.1. The van der Waals surface area contributed by atoms with Crippen LogP contribution in [0.2, 0.25) is 0 Å². The second-order valence-corrected chi connectivity index (χ2v) is 6.54. The predicted octanol–water partition coefficient (Wildman–Crippen LogP) is 4.06. The first-order valence-corrected chi connectivity index (χ1v) is 9.27. The number of ether oxygens (including phenoxy) is 1. The highest BCUT2D eigenvalue weighted by atomic mass is 16.6. The molecule has 0 radical (unpaired) electrons. The van der Waals surface area contributed by atoms with Crippen molar-refractivity contribution in [3.63, 3.8) is 0 Å². The second kappa shape index (κ2) is 8.12.